The molecule has 1 aromatic rings. The van der Waals surface area contributed by atoms with E-state index in [9.17, 15) is 9.90 Å². The Morgan fingerprint density at radius 3 is 2.44 bits per heavy atom. The first-order valence-electron chi connectivity index (χ1n) is 5.27. The Labute approximate surface area is 106 Å². The Morgan fingerprint density at radius 2 is 1.89 bits per heavy atom. The Bertz CT molecular complexity index is 492. The highest BCUT2D eigenvalue weighted by Gasteiger charge is 2.15. The van der Waals surface area contributed by atoms with Gasteiger partial charge in [0, 0.05) is 12.0 Å². The molecule has 1 N–H and O–H groups in total. The summed E-state index contributed by atoms with van der Waals surface area (Å²) in [5.41, 5.74) is 0.835. The van der Waals surface area contributed by atoms with Gasteiger partial charge in [-0.1, -0.05) is 30.0 Å². The van der Waals surface area contributed by atoms with Gasteiger partial charge in [0.1, 0.15) is 5.57 Å². The van der Waals surface area contributed by atoms with Gasteiger partial charge in [-0.25, -0.2) is 4.79 Å². The van der Waals surface area contributed by atoms with Crippen LogP contribution in [0, 0.1) is 11.8 Å². The van der Waals surface area contributed by atoms with Crippen molar-refractivity contribution in [1.82, 2.24) is 0 Å². The molecule has 0 aliphatic carbocycles. The standard InChI is InChI=1S/C14H14O4/c1-17-13(15)12(14(16)18-2)10-6-9-11-7-4-3-5-8-11/h3-5,7-8,15H,10H2,1-2H3/b13-12-. The van der Waals surface area contributed by atoms with Crippen molar-refractivity contribution in [3.05, 3.63) is 47.4 Å². The molecular formula is C14H14O4. The lowest BCUT2D eigenvalue weighted by atomic mass is 10.2. The molecule has 4 nitrogen and oxygen atoms in total. The topological polar surface area (TPSA) is 55.8 Å². The van der Waals surface area contributed by atoms with Gasteiger partial charge in [-0.15, -0.1) is 0 Å². The first kappa shape index (κ1) is 13.7. The maximum atomic E-state index is 11.4. The van der Waals surface area contributed by atoms with Gasteiger partial charge in [0.15, 0.2) is 0 Å². The number of aliphatic hydroxyl groups is 1. The summed E-state index contributed by atoms with van der Waals surface area (Å²) in [6.07, 6.45) is 0.0568. The van der Waals surface area contributed by atoms with Gasteiger partial charge in [0.25, 0.3) is 5.95 Å². The minimum Gasteiger partial charge on any atom is -0.481 e. The highest BCUT2D eigenvalue weighted by Crippen LogP contribution is 2.09. The molecule has 0 heterocycles. The Hall–Kier alpha value is -2.41. The van der Waals surface area contributed by atoms with Crippen LogP contribution in [0.2, 0.25) is 0 Å². The van der Waals surface area contributed by atoms with Crippen LogP contribution in [0.3, 0.4) is 0 Å². The van der Waals surface area contributed by atoms with Crippen molar-refractivity contribution < 1.29 is 19.4 Å². The van der Waals surface area contributed by atoms with E-state index in [2.05, 4.69) is 21.3 Å². The Balaban J connectivity index is 2.82. The van der Waals surface area contributed by atoms with Crippen LogP contribution in [0.1, 0.15) is 12.0 Å². The number of benzene rings is 1. The Morgan fingerprint density at radius 1 is 1.22 bits per heavy atom. The molecule has 18 heavy (non-hydrogen) atoms. The van der Waals surface area contributed by atoms with Crippen molar-refractivity contribution in [2.24, 2.45) is 0 Å². The number of aliphatic hydroxyl groups excluding tert-OH is 1. The smallest absolute Gasteiger partial charge is 0.341 e. The zero-order valence-electron chi connectivity index (χ0n) is 10.3. The molecule has 0 aliphatic heterocycles. The second-order valence-electron chi connectivity index (χ2n) is 3.32. The number of rotatable bonds is 3. The quantitative estimate of drug-likeness (QED) is 0.383. The number of esters is 1. The third kappa shape index (κ3) is 3.87. The SMILES string of the molecule is COC(=O)/C(CC#Cc1ccccc1)=C(/O)OC. The molecule has 0 unspecified atom stereocenters. The Kier molecular flexibility index (Phi) is 5.33. The van der Waals surface area contributed by atoms with E-state index in [4.69, 9.17) is 0 Å². The van der Waals surface area contributed by atoms with E-state index >= 15 is 0 Å². The summed E-state index contributed by atoms with van der Waals surface area (Å²) in [6, 6.07) is 9.33. The van der Waals surface area contributed by atoms with Crippen molar-refractivity contribution in [2.45, 2.75) is 6.42 Å². The van der Waals surface area contributed by atoms with Gasteiger partial charge in [-0.3, -0.25) is 0 Å². The average molecular weight is 246 g/mol. The van der Waals surface area contributed by atoms with Crippen molar-refractivity contribution in [2.75, 3.05) is 14.2 Å². The van der Waals surface area contributed by atoms with Gasteiger partial charge in [-0.05, 0) is 12.1 Å². The van der Waals surface area contributed by atoms with Crippen LogP contribution < -0.4 is 0 Å². The highest BCUT2D eigenvalue weighted by molar-refractivity contribution is 5.89. The molecule has 0 aromatic heterocycles. The lowest BCUT2D eigenvalue weighted by Gasteiger charge is -2.04. The van der Waals surface area contributed by atoms with Crippen molar-refractivity contribution in [3.8, 4) is 11.8 Å². The van der Waals surface area contributed by atoms with Crippen LogP contribution in [0.25, 0.3) is 0 Å². The predicted molar refractivity (Wildman–Crippen MR) is 66.6 cm³/mol. The minimum absolute atomic E-state index is 0.00318. The van der Waals surface area contributed by atoms with Gasteiger partial charge in [0.05, 0.1) is 14.2 Å². The van der Waals surface area contributed by atoms with E-state index in [0.29, 0.717) is 0 Å². The zero-order valence-corrected chi connectivity index (χ0v) is 10.3. The molecule has 1 rings (SSSR count). The maximum Gasteiger partial charge on any atom is 0.341 e. The fourth-order valence-corrected chi connectivity index (χ4v) is 1.24. The molecule has 4 heteroatoms. The second-order valence-corrected chi connectivity index (χ2v) is 3.32. The minimum atomic E-state index is -0.656. The highest BCUT2D eigenvalue weighted by atomic mass is 16.6. The molecule has 0 saturated carbocycles. The summed E-state index contributed by atoms with van der Waals surface area (Å²) in [7, 11) is 2.50. The molecule has 0 fully saturated rings. The first-order valence-corrected chi connectivity index (χ1v) is 5.27. The van der Waals surface area contributed by atoms with Crippen molar-refractivity contribution in [1.29, 1.82) is 0 Å². The lowest BCUT2D eigenvalue weighted by molar-refractivity contribution is -0.136. The van der Waals surface area contributed by atoms with Gasteiger partial charge >= 0.3 is 5.97 Å². The number of hydrogen-bond acceptors (Lipinski definition) is 4. The molecule has 0 radical (unpaired) electrons. The molecule has 94 valence electrons. The fraction of sp³-hybridized carbons (Fsp3) is 0.214. The van der Waals surface area contributed by atoms with Crippen LogP contribution in [0.4, 0.5) is 0 Å². The van der Waals surface area contributed by atoms with E-state index in [1.54, 1.807) is 0 Å². The zero-order chi connectivity index (χ0) is 13.4. The number of hydrogen-bond donors (Lipinski definition) is 1. The summed E-state index contributed by atoms with van der Waals surface area (Å²) >= 11 is 0. The molecule has 0 aliphatic rings. The molecule has 1 aromatic carbocycles. The third-order valence-electron chi connectivity index (χ3n) is 2.15. The molecule has 0 saturated heterocycles. The maximum absolute atomic E-state index is 11.4. The average Bonchev–Trinajstić information content (AvgIpc) is 2.43. The van der Waals surface area contributed by atoms with Gasteiger partial charge in [-0.2, -0.15) is 0 Å². The monoisotopic (exact) mass is 246 g/mol. The molecular weight excluding hydrogens is 232 g/mol. The third-order valence-corrected chi connectivity index (χ3v) is 2.15. The molecule has 0 amide bonds. The van der Waals surface area contributed by atoms with Crippen LogP contribution in [-0.4, -0.2) is 25.3 Å². The normalized spacial score (nSPS) is 10.8. The molecule has 0 spiro atoms. The molecule has 0 atom stereocenters. The van der Waals surface area contributed by atoms with Crippen molar-refractivity contribution >= 4 is 5.97 Å². The number of methoxy groups -OCH3 is 2. The van der Waals surface area contributed by atoms with E-state index in [-0.39, 0.29) is 12.0 Å². The largest absolute Gasteiger partial charge is 0.481 e. The summed E-state index contributed by atoms with van der Waals surface area (Å²) in [5, 5.41) is 9.41. The van der Waals surface area contributed by atoms with Crippen LogP contribution >= 0.6 is 0 Å². The summed E-state index contributed by atoms with van der Waals surface area (Å²) in [6.45, 7) is 0. The van der Waals surface area contributed by atoms with E-state index in [0.717, 1.165) is 5.56 Å². The fourth-order valence-electron chi connectivity index (χ4n) is 1.24. The van der Waals surface area contributed by atoms with E-state index in [1.807, 2.05) is 30.3 Å². The van der Waals surface area contributed by atoms with Crippen molar-refractivity contribution in [3.63, 3.8) is 0 Å². The predicted octanol–water partition coefficient (Wildman–Crippen LogP) is 2.02. The van der Waals surface area contributed by atoms with Crippen LogP contribution in [-0.2, 0) is 14.3 Å². The van der Waals surface area contributed by atoms with E-state index in [1.165, 1.54) is 14.2 Å². The van der Waals surface area contributed by atoms with Gasteiger partial charge in [0.2, 0.25) is 0 Å². The number of ether oxygens (including phenoxy) is 2. The number of carbonyl (C=O) groups excluding carboxylic acids is 1. The first-order chi connectivity index (χ1) is 8.69. The summed E-state index contributed by atoms with van der Waals surface area (Å²) in [4.78, 5) is 11.4. The van der Waals surface area contributed by atoms with Crippen LogP contribution in [0.15, 0.2) is 41.9 Å². The lowest BCUT2D eigenvalue weighted by Crippen LogP contribution is -2.08. The van der Waals surface area contributed by atoms with Gasteiger partial charge < -0.3 is 14.6 Å². The summed E-state index contributed by atoms with van der Waals surface area (Å²) in [5.74, 6) is 4.53. The summed E-state index contributed by atoms with van der Waals surface area (Å²) < 4.78 is 9.14. The van der Waals surface area contributed by atoms with E-state index < -0.39 is 11.9 Å². The second kappa shape index (κ2) is 7.02. The van der Waals surface area contributed by atoms with Crippen LogP contribution in [0.5, 0.6) is 0 Å². The molecule has 0 bridgehead atoms. The number of carbonyl (C=O) groups is 1.